The Balaban J connectivity index is 0.991. The van der Waals surface area contributed by atoms with Crippen LogP contribution in [0.5, 0.6) is 17.2 Å². The van der Waals surface area contributed by atoms with E-state index in [-0.39, 0.29) is 34.4 Å². The number of aromatic nitrogens is 6. The highest BCUT2D eigenvalue weighted by molar-refractivity contribution is 7.46. The second kappa shape index (κ2) is 17.6. The maximum atomic E-state index is 14.1. The molecule has 0 spiro atoms. The molecule has 8 rings (SSSR count). The summed E-state index contributed by atoms with van der Waals surface area (Å²) < 4.78 is 66.7. The van der Waals surface area contributed by atoms with Crippen molar-refractivity contribution in [3.8, 4) is 50.9 Å². The fourth-order valence-electron chi connectivity index (χ4n) is 7.12. The Hall–Kier alpha value is -6.95. The Morgan fingerprint density at radius 3 is 1.88 bits per heavy atom. The van der Waals surface area contributed by atoms with Crippen LogP contribution in [-0.2, 0) is 15.8 Å². The third kappa shape index (κ3) is 10.2. The van der Waals surface area contributed by atoms with Gasteiger partial charge in [-0.05, 0) is 99.5 Å². The number of hydrogen-bond acceptors (Lipinski definition) is 10. The minimum absolute atomic E-state index is 0.138. The van der Waals surface area contributed by atoms with Crippen LogP contribution >= 0.6 is 7.82 Å². The van der Waals surface area contributed by atoms with Crippen LogP contribution in [-0.4, -0.2) is 68.0 Å². The van der Waals surface area contributed by atoms with E-state index in [1.54, 1.807) is 104 Å². The van der Waals surface area contributed by atoms with E-state index in [4.69, 9.17) is 14.2 Å². The average molecular weight is 909 g/mol. The van der Waals surface area contributed by atoms with Gasteiger partial charge in [-0.2, -0.15) is 0 Å². The Kier molecular flexibility index (Phi) is 12.1. The maximum Gasteiger partial charge on any atom is 0.471 e. The number of benzene rings is 4. The Morgan fingerprint density at radius 2 is 1.28 bits per heavy atom. The highest BCUT2D eigenvalue weighted by Crippen LogP contribution is 2.37. The first-order valence-electron chi connectivity index (χ1n) is 20.1. The highest BCUT2D eigenvalue weighted by atomic mass is 31.2. The first kappa shape index (κ1) is 44.6. The van der Waals surface area contributed by atoms with Crippen molar-refractivity contribution in [2.75, 3.05) is 13.2 Å². The van der Waals surface area contributed by atoms with Crippen LogP contribution < -0.4 is 25.3 Å². The SMILES string of the molecule is CC(C)(O)CCOc1ccc(-c2cn(-c3ccc(OC(C)(C)COc4ccc(-c5cn(-c6cc(F)cc(F)c6)c6nc[nH]c(=O)c56)cc4)cc3)c3ncn(COP(=O)(O)O)c(=O)c23)cc1. The minimum Gasteiger partial charge on any atom is -0.493 e. The Morgan fingerprint density at radius 1 is 0.723 bits per heavy atom. The largest absolute Gasteiger partial charge is 0.493 e. The molecule has 0 radical (unpaired) electrons. The number of ether oxygens (including phenoxy) is 3. The van der Waals surface area contributed by atoms with E-state index in [2.05, 4.69) is 19.5 Å². The lowest BCUT2D eigenvalue weighted by Gasteiger charge is -2.26. The summed E-state index contributed by atoms with van der Waals surface area (Å²) in [6, 6.07) is 24.2. The predicted octanol–water partition coefficient (Wildman–Crippen LogP) is 7.67. The molecule has 16 nitrogen and oxygen atoms in total. The lowest BCUT2D eigenvalue weighted by atomic mass is 10.1. The first-order chi connectivity index (χ1) is 30.8. The Labute approximate surface area is 369 Å². The summed E-state index contributed by atoms with van der Waals surface area (Å²) in [6.07, 6.45) is 6.16. The van der Waals surface area contributed by atoms with E-state index in [9.17, 15) is 37.8 Å². The van der Waals surface area contributed by atoms with Gasteiger partial charge in [-0.15, -0.1) is 0 Å². The van der Waals surface area contributed by atoms with Crippen LogP contribution in [0.15, 0.2) is 126 Å². The van der Waals surface area contributed by atoms with Crippen LogP contribution in [0.1, 0.15) is 34.1 Å². The fourth-order valence-corrected chi connectivity index (χ4v) is 7.40. The van der Waals surface area contributed by atoms with Crippen molar-refractivity contribution in [3.63, 3.8) is 0 Å². The number of nitrogens with one attached hydrogen (secondary N) is 1. The first-order valence-corrected chi connectivity index (χ1v) is 21.7. The summed E-state index contributed by atoms with van der Waals surface area (Å²) in [5.74, 6) is 0.0655. The number of phosphoric ester groups is 1. The van der Waals surface area contributed by atoms with Crippen molar-refractivity contribution in [3.05, 3.63) is 148 Å². The molecule has 8 aromatic rings. The molecule has 0 saturated carbocycles. The molecule has 0 unspecified atom stereocenters. The van der Waals surface area contributed by atoms with Crippen molar-refractivity contribution < 1.29 is 47.0 Å². The second-order valence-corrected chi connectivity index (χ2v) is 17.7. The molecule has 19 heteroatoms. The summed E-state index contributed by atoms with van der Waals surface area (Å²) in [5.41, 5.74) is 0.894. The zero-order valence-corrected chi connectivity index (χ0v) is 36.3. The summed E-state index contributed by atoms with van der Waals surface area (Å²) in [7, 11) is -4.89. The fraction of sp³-hybridized carbons (Fsp3) is 0.217. The van der Waals surface area contributed by atoms with Gasteiger partial charge in [0.05, 0.1) is 35.0 Å². The molecule has 65 heavy (non-hydrogen) atoms. The molecule has 4 aromatic carbocycles. The van der Waals surface area contributed by atoms with Gasteiger partial charge < -0.3 is 43.2 Å². The molecule has 0 aliphatic carbocycles. The molecule has 336 valence electrons. The Bertz CT molecular complexity index is 3170. The second-order valence-electron chi connectivity index (χ2n) is 16.5. The predicted molar refractivity (Wildman–Crippen MR) is 238 cm³/mol. The number of aromatic amines is 1. The van der Waals surface area contributed by atoms with Gasteiger partial charge in [0.15, 0.2) is 11.3 Å². The van der Waals surface area contributed by atoms with Gasteiger partial charge in [0.25, 0.3) is 11.1 Å². The third-order valence-corrected chi connectivity index (χ3v) is 10.7. The molecule has 4 aromatic heterocycles. The topological polar surface area (TPSA) is 205 Å². The number of fused-ring (bicyclic) bond motifs is 2. The van der Waals surface area contributed by atoms with Crippen molar-refractivity contribution in [1.29, 1.82) is 0 Å². The molecule has 0 saturated heterocycles. The van der Waals surface area contributed by atoms with E-state index in [0.29, 0.717) is 58.2 Å². The number of aliphatic hydroxyl groups is 1. The van der Waals surface area contributed by atoms with Crippen LogP contribution in [0.25, 0.3) is 55.7 Å². The minimum atomic E-state index is -4.89. The molecule has 0 fully saturated rings. The summed E-state index contributed by atoms with van der Waals surface area (Å²) >= 11 is 0. The standard InChI is InChI=1S/C46H43F2N6O10P/c1-45(2,57)17-18-61-34-11-5-29(6-12-34)38-23-53(42-40(38)44(56)52(26-51-42)27-63-65(58,59)60)32-9-15-36(16-10-32)64-46(3,4)24-62-35-13-7-28(8-14-35)37-22-54(33-20-30(47)19-31(48)21-33)41-39(37)43(55)50-25-49-41/h5-16,19-23,25-26,57H,17-18,24,27H2,1-4H3,(H,49,50,55)(H2,58,59,60). The molecule has 0 atom stereocenters. The highest BCUT2D eigenvalue weighted by Gasteiger charge is 2.24. The zero-order chi connectivity index (χ0) is 46.3. The third-order valence-electron chi connectivity index (χ3n) is 10.3. The smallest absolute Gasteiger partial charge is 0.471 e. The summed E-state index contributed by atoms with van der Waals surface area (Å²) in [5, 5.41) is 10.5. The molecule has 0 aliphatic heterocycles. The zero-order valence-electron chi connectivity index (χ0n) is 35.4. The number of nitrogens with zero attached hydrogens (tertiary/aromatic N) is 5. The molecule has 0 amide bonds. The number of phosphoric acid groups is 1. The van der Waals surface area contributed by atoms with Crippen LogP contribution in [0.2, 0.25) is 0 Å². The molecule has 0 aliphatic rings. The van der Waals surface area contributed by atoms with Crippen molar-refractivity contribution in [2.24, 2.45) is 0 Å². The molecule has 4 N–H and O–H groups in total. The van der Waals surface area contributed by atoms with E-state index in [1.807, 2.05) is 13.8 Å². The van der Waals surface area contributed by atoms with E-state index >= 15 is 0 Å². The number of H-pyrrole nitrogens is 1. The number of rotatable bonds is 16. The summed E-state index contributed by atoms with van der Waals surface area (Å²) in [4.78, 5) is 56.7. The van der Waals surface area contributed by atoms with Crippen molar-refractivity contribution in [2.45, 2.75) is 52.0 Å². The lowest BCUT2D eigenvalue weighted by molar-refractivity contribution is 0.0521. The lowest BCUT2D eigenvalue weighted by Crippen LogP contribution is -2.35. The van der Waals surface area contributed by atoms with Gasteiger partial charge in [0.2, 0.25) is 0 Å². The van der Waals surface area contributed by atoms with Gasteiger partial charge >= 0.3 is 7.82 Å². The van der Waals surface area contributed by atoms with Crippen LogP contribution in [0.3, 0.4) is 0 Å². The quantitative estimate of drug-likeness (QED) is 0.0690. The van der Waals surface area contributed by atoms with Gasteiger partial charge in [-0.25, -0.2) is 23.3 Å². The van der Waals surface area contributed by atoms with E-state index in [1.165, 1.54) is 10.9 Å². The van der Waals surface area contributed by atoms with Gasteiger partial charge in [0.1, 0.15) is 54.1 Å². The monoisotopic (exact) mass is 908 g/mol. The molecular weight excluding hydrogens is 866 g/mol. The average Bonchev–Trinajstić information content (AvgIpc) is 3.83. The van der Waals surface area contributed by atoms with Gasteiger partial charge in [0, 0.05) is 41.7 Å². The molecule has 0 bridgehead atoms. The van der Waals surface area contributed by atoms with E-state index in [0.717, 1.165) is 29.1 Å². The maximum absolute atomic E-state index is 14.1. The van der Waals surface area contributed by atoms with E-state index < -0.39 is 48.5 Å². The van der Waals surface area contributed by atoms with Gasteiger partial charge in [-0.1, -0.05) is 24.3 Å². The number of hydrogen-bond donors (Lipinski definition) is 4. The molecular formula is C46H43F2N6O10P. The van der Waals surface area contributed by atoms with Crippen molar-refractivity contribution >= 4 is 29.9 Å². The van der Waals surface area contributed by atoms with Gasteiger partial charge in [-0.3, -0.25) is 18.7 Å². The number of halogens is 2. The summed E-state index contributed by atoms with van der Waals surface area (Å²) in [6.45, 7) is 6.82. The van der Waals surface area contributed by atoms with Crippen molar-refractivity contribution in [1.82, 2.24) is 28.7 Å². The molecule has 4 heterocycles. The van der Waals surface area contributed by atoms with Crippen LogP contribution in [0, 0.1) is 11.6 Å². The van der Waals surface area contributed by atoms with Crippen LogP contribution in [0.4, 0.5) is 8.78 Å². The normalized spacial score (nSPS) is 12.3.